The number of aryl methyl sites for hydroxylation is 2. The molecule has 0 saturated heterocycles. The molecule has 5 heteroatoms. The van der Waals surface area contributed by atoms with Crippen LogP contribution in [0.2, 0.25) is 0 Å². The maximum absolute atomic E-state index is 14.1. The highest BCUT2D eigenvalue weighted by Gasteiger charge is 2.17. The summed E-state index contributed by atoms with van der Waals surface area (Å²) in [5, 5.41) is 5.40. The first-order chi connectivity index (χ1) is 8.99. The molecule has 0 radical (unpaired) electrons. The Hall–Kier alpha value is -1.80. The maximum Gasteiger partial charge on any atom is 0.193 e. The van der Waals surface area contributed by atoms with Crippen LogP contribution in [0, 0.1) is 26.2 Å². The molecular formula is C14H14FN3S. The van der Waals surface area contributed by atoms with Crippen molar-refractivity contribution in [3.05, 3.63) is 40.5 Å². The van der Waals surface area contributed by atoms with Gasteiger partial charge in [0.25, 0.3) is 0 Å². The molecule has 1 aromatic carbocycles. The van der Waals surface area contributed by atoms with Crippen molar-refractivity contribution in [3.8, 4) is 11.3 Å². The molecule has 3 nitrogen and oxygen atoms in total. The van der Waals surface area contributed by atoms with Crippen LogP contribution >= 0.6 is 11.8 Å². The molecule has 1 aromatic heterocycles. The lowest BCUT2D eigenvalue weighted by Gasteiger charge is -2.05. The molecule has 1 heterocycles. The van der Waals surface area contributed by atoms with Gasteiger partial charge in [-0.05, 0) is 31.7 Å². The Morgan fingerprint density at radius 2 is 2.05 bits per heavy atom. The number of aromatic nitrogens is 2. The molecule has 2 rings (SSSR count). The van der Waals surface area contributed by atoms with Gasteiger partial charge >= 0.3 is 0 Å². The predicted molar refractivity (Wildman–Crippen MR) is 76.1 cm³/mol. The number of hydrogen-bond donors (Lipinski definition) is 0. The predicted octanol–water partition coefficient (Wildman–Crippen LogP) is 4.12. The third-order valence-corrected chi connectivity index (χ3v) is 4.03. The van der Waals surface area contributed by atoms with E-state index in [-0.39, 0.29) is 0 Å². The lowest BCUT2D eigenvalue weighted by Crippen LogP contribution is -1.93. The van der Waals surface area contributed by atoms with E-state index in [0.717, 1.165) is 16.2 Å². The first kappa shape index (κ1) is 13.6. The second-order valence-electron chi connectivity index (χ2n) is 4.34. The van der Waals surface area contributed by atoms with E-state index in [4.69, 9.17) is 6.57 Å². The van der Waals surface area contributed by atoms with Crippen LogP contribution < -0.4 is 0 Å². The van der Waals surface area contributed by atoms with Crippen molar-refractivity contribution >= 4 is 17.4 Å². The van der Waals surface area contributed by atoms with Crippen molar-refractivity contribution in [1.29, 1.82) is 0 Å². The average Bonchev–Trinajstić information content (AvgIpc) is 2.66. The summed E-state index contributed by atoms with van der Waals surface area (Å²) in [6, 6.07) is 2.98. The standard InChI is InChI=1S/C14H14FN3S/c1-8-6-10(11(15)7-12(8)16-3)13-9(2)14(19-5)18(4)17-13/h6-7H,1-2,4-5H3. The fourth-order valence-electron chi connectivity index (χ4n) is 2.13. The minimum Gasteiger partial charge on any atom is -0.261 e. The van der Waals surface area contributed by atoms with E-state index >= 15 is 0 Å². The zero-order valence-corrected chi connectivity index (χ0v) is 12.1. The van der Waals surface area contributed by atoms with Gasteiger partial charge in [0.05, 0.1) is 17.3 Å². The van der Waals surface area contributed by atoms with E-state index in [9.17, 15) is 4.39 Å². The average molecular weight is 275 g/mol. The Labute approximate surface area is 116 Å². The highest BCUT2D eigenvalue weighted by Crippen LogP contribution is 2.33. The molecule has 0 unspecified atom stereocenters. The van der Waals surface area contributed by atoms with E-state index in [1.807, 2.05) is 27.2 Å². The van der Waals surface area contributed by atoms with Crippen LogP contribution in [-0.2, 0) is 7.05 Å². The van der Waals surface area contributed by atoms with Crippen LogP contribution in [0.15, 0.2) is 17.2 Å². The minimum atomic E-state index is -0.398. The molecule has 98 valence electrons. The largest absolute Gasteiger partial charge is 0.261 e. The fraction of sp³-hybridized carbons (Fsp3) is 0.286. The van der Waals surface area contributed by atoms with E-state index in [2.05, 4.69) is 9.94 Å². The Morgan fingerprint density at radius 3 is 2.58 bits per heavy atom. The summed E-state index contributed by atoms with van der Waals surface area (Å²) in [6.45, 7) is 10.7. The molecule has 2 aromatic rings. The number of hydrogen-bond acceptors (Lipinski definition) is 2. The zero-order valence-electron chi connectivity index (χ0n) is 11.3. The van der Waals surface area contributed by atoms with Crippen LogP contribution in [0.3, 0.4) is 0 Å². The Bertz CT molecular complexity index is 683. The summed E-state index contributed by atoms with van der Waals surface area (Å²) >= 11 is 1.58. The van der Waals surface area contributed by atoms with E-state index in [0.29, 0.717) is 16.9 Å². The smallest absolute Gasteiger partial charge is 0.193 e. The van der Waals surface area contributed by atoms with Gasteiger partial charge in [-0.15, -0.1) is 11.8 Å². The maximum atomic E-state index is 14.1. The monoisotopic (exact) mass is 275 g/mol. The highest BCUT2D eigenvalue weighted by molar-refractivity contribution is 7.98. The van der Waals surface area contributed by atoms with Gasteiger partial charge in [0.15, 0.2) is 5.69 Å². The summed E-state index contributed by atoms with van der Waals surface area (Å²) in [6.07, 6.45) is 1.97. The third kappa shape index (κ3) is 2.24. The number of benzene rings is 1. The zero-order chi connectivity index (χ0) is 14.2. The Balaban J connectivity index is 2.67. The summed E-state index contributed by atoms with van der Waals surface area (Å²) in [4.78, 5) is 3.31. The molecule has 0 atom stereocenters. The molecule has 0 saturated carbocycles. The van der Waals surface area contributed by atoms with E-state index in [1.165, 1.54) is 6.07 Å². The van der Waals surface area contributed by atoms with Gasteiger partial charge < -0.3 is 0 Å². The first-order valence-electron chi connectivity index (χ1n) is 5.75. The fourth-order valence-corrected chi connectivity index (χ4v) is 2.84. The lowest BCUT2D eigenvalue weighted by molar-refractivity contribution is 0.629. The van der Waals surface area contributed by atoms with Gasteiger partial charge in [0.2, 0.25) is 0 Å². The Kier molecular flexibility index (Phi) is 3.63. The Morgan fingerprint density at radius 1 is 1.37 bits per heavy atom. The molecule has 0 N–H and O–H groups in total. The molecule has 0 bridgehead atoms. The van der Waals surface area contributed by atoms with Crippen molar-refractivity contribution in [1.82, 2.24) is 9.78 Å². The minimum absolute atomic E-state index is 0.347. The van der Waals surface area contributed by atoms with Crippen molar-refractivity contribution < 1.29 is 4.39 Å². The van der Waals surface area contributed by atoms with Crippen LogP contribution in [0.25, 0.3) is 16.1 Å². The van der Waals surface area contributed by atoms with Gasteiger partial charge in [-0.3, -0.25) is 4.68 Å². The molecule has 0 spiro atoms. The molecule has 0 amide bonds. The number of thioether (sulfide) groups is 1. The van der Waals surface area contributed by atoms with Gasteiger partial charge in [-0.25, -0.2) is 9.24 Å². The van der Waals surface area contributed by atoms with Crippen LogP contribution in [0.4, 0.5) is 10.1 Å². The van der Waals surface area contributed by atoms with E-state index in [1.54, 1.807) is 22.5 Å². The van der Waals surface area contributed by atoms with Crippen molar-refractivity contribution in [2.24, 2.45) is 7.05 Å². The van der Waals surface area contributed by atoms with Gasteiger partial charge in [0, 0.05) is 18.2 Å². The molecule has 0 fully saturated rings. The lowest BCUT2D eigenvalue weighted by atomic mass is 10.0. The molecule has 0 aliphatic rings. The topological polar surface area (TPSA) is 22.2 Å². The van der Waals surface area contributed by atoms with Gasteiger partial charge in [0.1, 0.15) is 5.82 Å². The third-order valence-electron chi connectivity index (χ3n) is 3.07. The second kappa shape index (κ2) is 5.06. The summed E-state index contributed by atoms with van der Waals surface area (Å²) in [5.74, 6) is -0.398. The summed E-state index contributed by atoms with van der Waals surface area (Å²) < 4.78 is 15.9. The van der Waals surface area contributed by atoms with Crippen LogP contribution in [0.1, 0.15) is 11.1 Å². The number of rotatable bonds is 2. The number of nitrogens with zero attached hydrogens (tertiary/aromatic N) is 3. The number of halogens is 1. The van der Waals surface area contributed by atoms with Crippen molar-refractivity contribution in [2.75, 3.05) is 6.26 Å². The van der Waals surface area contributed by atoms with Crippen LogP contribution in [0.5, 0.6) is 0 Å². The molecule has 0 aliphatic heterocycles. The van der Waals surface area contributed by atoms with Gasteiger partial charge in [-0.1, -0.05) is 6.07 Å². The first-order valence-corrected chi connectivity index (χ1v) is 6.97. The van der Waals surface area contributed by atoms with Crippen molar-refractivity contribution in [2.45, 2.75) is 18.9 Å². The normalized spacial score (nSPS) is 10.5. The second-order valence-corrected chi connectivity index (χ2v) is 5.13. The molecule has 19 heavy (non-hydrogen) atoms. The highest BCUT2D eigenvalue weighted by atomic mass is 32.2. The van der Waals surface area contributed by atoms with E-state index < -0.39 is 5.82 Å². The van der Waals surface area contributed by atoms with Crippen LogP contribution in [-0.4, -0.2) is 16.0 Å². The quantitative estimate of drug-likeness (QED) is 0.607. The SMILES string of the molecule is [C-]#[N+]c1cc(F)c(-c2nn(C)c(SC)c2C)cc1C. The summed E-state index contributed by atoms with van der Waals surface area (Å²) in [7, 11) is 1.85. The summed E-state index contributed by atoms with van der Waals surface area (Å²) in [5.41, 5.74) is 3.17. The van der Waals surface area contributed by atoms with Crippen molar-refractivity contribution in [3.63, 3.8) is 0 Å². The van der Waals surface area contributed by atoms with Gasteiger partial charge in [-0.2, -0.15) is 5.10 Å². The molecular weight excluding hydrogens is 261 g/mol. The molecule has 0 aliphatic carbocycles.